The second kappa shape index (κ2) is 5.82. The van der Waals surface area contributed by atoms with Crippen molar-refractivity contribution in [3.63, 3.8) is 0 Å². The molecule has 0 amide bonds. The Morgan fingerprint density at radius 2 is 1.67 bits per heavy atom. The first-order valence-electron chi connectivity index (χ1n) is 5.89. The largest absolute Gasteiger partial charge is 0.362 e. The van der Waals surface area contributed by atoms with Gasteiger partial charge in [-0.15, -0.1) is 0 Å². The van der Waals surface area contributed by atoms with Gasteiger partial charge in [-0.05, 0) is 30.7 Å². The Kier molecular flexibility index (Phi) is 3.92. The summed E-state index contributed by atoms with van der Waals surface area (Å²) < 4.78 is 0. The third-order valence-electron chi connectivity index (χ3n) is 2.64. The van der Waals surface area contributed by atoms with Crippen molar-refractivity contribution in [1.82, 2.24) is 0 Å². The van der Waals surface area contributed by atoms with Crippen LogP contribution in [-0.4, -0.2) is 5.71 Å². The van der Waals surface area contributed by atoms with E-state index < -0.39 is 0 Å². The van der Waals surface area contributed by atoms with Gasteiger partial charge in [-0.2, -0.15) is 0 Å². The molecule has 2 aromatic carbocycles. The highest BCUT2D eigenvalue weighted by Gasteiger charge is 1.95. The predicted molar refractivity (Wildman–Crippen MR) is 77.2 cm³/mol. The third-order valence-corrected chi connectivity index (χ3v) is 2.64. The Morgan fingerprint density at radius 3 is 2.33 bits per heavy atom. The van der Waals surface area contributed by atoms with Gasteiger partial charge in [0.1, 0.15) is 0 Å². The highest BCUT2D eigenvalue weighted by atomic mass is 14.8. The van der Waals surface area contributed by atoms with Gasteiger partial charge in [-0.3, -0.25) is 0 Å². The van der Waals surface area contributed by atoms with Gasteiger partial charge in [-0.1, -0.05) is 48.0 Å². The Bertz CT molecular complexity index is 539. The third kappa shape index (κ3) is 3.32. The van der Waals surface area contributed by atoms with Crippen LogP contribution in [0.4, 0.5) is 5.69 Å². The summed E-state index contributed by atoms with van der Waals surface area (Å²) in [7, 11) is 0. The first-order valence-corrected chi connectivity index (χ1v) is 5.89. The van der Waals surface area contributed by atoms with Crippen LogP contribution in [0.5, 0.6) is 0 Å². The summed E-state index contributed by atoms with van der Waals surface area (Å²) in [4.78, 5) is 0. The molecule has 2 rings (SSSR count). The second-order valence-electron chi connectivity index (χ2n) is 4.12. The number of nitrogens with one attached hydrogen (secondary N) is 2. The average molecular weight is 236 g/mol. The Labute approximate surface area is 107 Å². The van der Waals surface area contributed by atoms with Crippen molar-refractivity contribution in [2.45, 2.75) is 6.92 Å². The van der Waals surface area contributed by atoms with Gasteiger partial charge in [0.2, 0.25) is 0 Å². The van der Waals surface area contributed by atoms with Crippen molar-refractivity contribution in [1.29, 1.82) is 5.41 Å². The van der Waals surface area contributed by atoms with Gasteiger partial charge in [-0.25, -0.2) is 0 Å². The monoisotopic (exact) mass is 236 g/mol. The number of anilines is 1. The first-order chi connectivity index (χ1) is 8.75. The van der Waals surface area contributed by atoms with Crippen molar-refractivity contribution in [3.8, 4) is 0 Å². The quantitative estimate of drug-likeness (QED) is 0.774. The number of para-hydroxylation sites is 1. The predicted octanol–water partition coefficient (Wildman–Crippen LogP) is 3.99. The summed E-state index contributed by atoms with van der Waals surface area (Å²) in [5.74, 6) is 0. The van der Waals surface area contributed by atoms with E-state index in [4.69, 9.17) is 5.41 Å². The topological polar surface area (TPSA) is 35.9 Å². The fourth-order valence-electron chi connectivity index (χ4n) is 1.58. The smallest absolute Gasteiger partial charge is 0.0626 e. The zero-order valence-corrected chi connectivity index (χ0v) is 10.4. The molecule has 0 aliphatic heterocycles. The van der Waals surface area contributed by atoms with Crippen LogP contribution in [-0.2, 0) is 0 Å². The van der Waals surface area contributed by atoms with Crippen molar-refractivity contribution < 1.29 is 0 Å². The van der Waals surface area contributed by atoms with E-state index in [2.05, 4.69) is 5.32 Å². The number of aryl methyl sites for hydroxylation is 1. The highest BCUT2D eigenvalue weighted by Crippen LogP contribution is 2.06. The summed E-state index contributed by atoms with van der Waals surface area (Å²) in [6.07, 6.45) is 3.55. The summed E-state index contributed by atoms with van der Waals surface area (Å²) >= 11 is 0. The highest BCUT2D eigenvalue weighted by molar-refractivity contribution is 6.06. The minimum Gasteiger partial charge on any atom is -0.362 e. The van der Waals surface area contributed by atoms with Gasteiger partial charge in [0.05, 0.1) is 5.71 Å². The maximum Gasteiger partial charge on any atom is 0.0626 e. The maximum absolute atomic E-state index is 7.94. The maximum atomic E-state index is 7.94. The molecule has 0 fully saturated rings. The molecule has 0 aliphatic rings. The van der Waals surface area contributed by atoms with Gasteiger partial charge in [0.15, 0.2) is 0 Å². The molecule has 0 spiro atoms. The van der Waals surface area contributed by atoms with E-state index in [1.165, 1.54) is 5.56 Å². The van der Waals surface area contributed by atoms with Crippen LogP contribution in [0.1, 0.15) is 11.1 Å². The van der Waals surface area contributed by atoms with Gasteiger partial charge >= 0.3 is 0 Å². The van der Waals surface area contributed by atoms with E-state index >= 15 is 0 Å². The van der Waals surface area contributed by atoms with Crippen LogP contribution in [0, 0.1) is 12.3 Å². The van der Waals surface area contributed by atoms with E-state index in [1.807, 2.05) is 61.5 Å². The Morgan fingerprint density at radius 1 is 1.00 bits per heavy atom. The molecule has 0 unspecified atom stereocenters. The molecule has 18 heavy (non-hydrogen) atoms. The summed E-state index contributed by atoms with van der Waals surface area (Å²) in [5, 5.41) is 11.1. The Hall–Kier alpha value is -2.35. The molecule has 0 bridgehead atoms. The molecule has 0 aliphatic carbocycles. The average Bonchev–Trinajstić information content (AvgIpc) is 2.40. The minimum atomic E-state index is 0.499. The normalized spacial score (nSPS) is 10.5. The number of hydrogen-bond donors (Lipinski definition) is 2. The van der Waals surface area contributed by atoms with Crippen LogP contribution < -0.4 is 5.32 Å². The van der Waals surface area contributed by atoms with Crippen molar-refractivity contribution in [3.05, 3.63) is 78.0 Å². The standard InChI is InChI=1S/C16H16N2/c1-13-7-9-14(10-8-13)16(17)11-12-18-15-5-3-2-4-6-15/h2-12,17-18H,1H3/b12-11-,17-16?. The van der Waals surface area contributed by atoms with E-state index in [0.29, 0.717) is 5.71 Å². The number of hydrogen-bond acceptors (Lipinski definition) is 2. The van der Waals surface area contributed by atoms with E-state index in [-0.39, 0.29) is 0 Å². The molecule has 2 nitrogen and oxygen atoms in total. The van der Waals surface area contributed by atoms with E-state index in [9.17, 15) is 0 Å². The molecule has 0 aromatic heterocycles. The molecule has 0 saturated heterocycles. The van der Waals surface area contributed by atoms with Crippen LogP contribution in [0.2, 0.25) is 0 Å². The Balaban J connectivity index is 1.97. The summed E-state index contributed by atoms with van der Waals surface area (Å²) in [5.41, 5.74) is 3.65. The van der Waals surface area contributed by atoms with E-state index in [0.717, 1.165) is 11.3 Å². The lowest BCUT2D eigenvalue weighted by Gasteiger charge is -2.01. The SMILES string of the molecule is Cc1ccc(C(=N)/C=C\Nc2ccccc2)cc1. The molecule has 0 atom stereocenters. The van der Waals surface area contributed by atoms with Crippen LogP contribution in [0.25, 0.3) is 0 Å². The zero-order valence-electron chi connectivity index (χ0n) is 10.4. The molecule has 2 N–H and O–H groups in total. The second-order valence-corrected chi connectivity index (χ2v) is 4.12. The fourth-order valence-corrected chi connectivity index (χ4v) is 1.58. The van der Waals surface area contributed by atoms with Crippen molar-refractivity contribution in [2.24, 2.45) is 0 Å². The first kappa shape index (κ1) is 12.1. The molecular weight excluding hydrogens is 220 g/mol. The molecule has 0 heterocycles. The molecule has 0 saturated carbocycles. The van der Waals surface area contributed by atoms with Crippen LogP contribution in [0.3, 0.4) is 0 Å². The molecule has 2 aromatic rings. The van der Waals surface area contributed by atoms with E-state index in [1.54, 1.807) is 12.3 Å². The lowest BCUT2D eigenvalue weighted by molar-refractivity contribution is 1.43. The molecular formula is C16H16N2. The van der Waals surface area contributed by atoms with Gasteiger partial charge < -0.3 is 10.7 Å². The van der Waals surface area contributed by atoms with Gasteiger partial charge in [0.25, 0.3) is 0 Å². The lowest BCUT2D eigenvalue weighted by Crippen LogP contribution is -1.96. The number of rotatable bonds is 4. The fraction of sp³-hybridized carbons (Fsp3) is 0.0625. The minimum absolute atomic E-state index is 0.499. The summed E-state index contributed by atoms with van der Waals surface area (Å²) in [6, 6.07) is 17.9. The molecule has 0 radical (unpaired) electrons. The van der Waals surface area contributed by atoms with Gasteiger partial charge in [0, 0.05) is 11.9 Å². The zero-order chi connectivity index (χ0) is 12.8. The number of allylic oxidation sites excluding steroid dienone is 1. The van der Waals surface area contributed by atoms with Crippen LogP contribution in [0.15, 0.2) is 66.9 Å². The lowest BCUT2D eigenvalue weighted by atomic mass is 10.1. The van der Waals surface area contributed by atoms with Crippen LogP contribution >= 0.6 is 0 Å². The molecule has 2 heteroatoms. The van der Waals surface area contributed by atoms with Crippen molar-refractivity contribution in [2.75, 3.05) is 5.32 Å². The number of benzene rings is 2. The van der Waals surface area contributed by atoms with Crippen molar-refractivity contribution >= 4 is 11.4 Å². The molecule has 90 valence electrons. The summed E-state index contributed by atoms with van der Waals surface area (Å²) in [6.45, 7) is 2.04.